The van der Waals surface area contributed by atoms with E-state index in [1.54, 1.807) is 31.2 Å². The number of phenolic OH excluding ortho intramolecular Hbond substituents is 1. The molecule has 5 heteroatoms. The number of carbonyl (C=O) groups excluding carboxylic acids is 2. The topological polar surface area (TPSA) is 83.8 Å². The van der Waals surface area contributed by atoms with Crippen LogP contribution in [0.3, 0.4) is 0 Å². The number of carbonyl (C=O) groups is 2. The number of phenols is 1. The number of ketones is 1. The molecular weight excluding hydrogens is 284 g/mol. The van der Waals surface area contributed by atoms with E-state index < -0.39 is 29.5 Å². The highest BCUT2D eigenvalue weighted by atomic mass is 16.5. The summed E-state index contributed by atoms with van der Waals surface area (Å²) in [5, 5.41) is 21.1. The first-order valence-corrected chi connectivity index (χ1v) is 7.27. The summed E-state index contributed by atoms with van der Waals surface area (Å²) in [6, 6.07) is 4.66. The van der Waals surface area contributed by atoms with Crippen molar-refractivity contribution in [2.45, 2.75) is 32.0 Å². The van der Waals surface area contributed by atoms with Crippen molar-refractivity contribution in [1.82, 2.24) is 0 Å². The van der Waals surface area contributed by atoms with Gasteiger partial charge in [-0.2, -0.15) is 0 Å². The lowest BCUT2D eigenvalue weighted by atomic mass is 9.61. The first kappa shape index (κ1) is 14.8. The number of rotatable bonds is 1. The predicted octanol–water partition coefficient (Wildman–Crippen LogP) is 1.92. The average Bonchev–Trinajstić information content (AvgIpc) is 2.44. The van der Waals surface area contributed by atoms with Crippen LogP contribution in [0.1, 0.15) is 36.2 Å². The Morgan fingerprint density at radius 2 is 2.14 bits per heavy atom. The molecule has 0 radical (unpaired) electrons. The van der Waals surface area contributed by atoms with Gasteiger partial charge in [-0.3, -0.25) is 9.59 Å². The number of ether oxygens (including phenoxy) is 1. The molecule has 0 heterocycles. The Balaban J connectivity index is 2.16. The van der Waals surface area contributed by atoms with Crippen LogP contribution in [-0.2, 0) is 15.1 Å². The number of aromatic hydroxyl groups is 1. The summed E-state index contributed by atoms with van der Waals surface area (Å²) in [5.41, 5.74) is -0.825. The fourth-order valence-electron chi connectivity index (χ4n) is 3.73. The van der Waals surface area contributed by atoms with Gasteiger partial charge < -0.3 is 14.9 Å². The summed E-state index contributed by atoms with van der Waals surface area (Å²) in [4.78, 5) is 24.1. The van der Waals surface area contributed by atoms with E-state index in [4.69, 9.17) is 4.74 Å². The summed E-state index contributed by atoms with van der Waals surface area (Å²) in [6.07, 6.45) is 3.29. The average molecular weight is 302 g/mol. The highest BCUT2D eigenvalue weighted by Gasteiger charge is 2.53. The summed E-state index contributed by atoms with van der Waals surface area (Å²) in [7, 11) is 0. The zero-order chi connectivity index (χ0) is 16.1. The number of Topliss-reactive ketones (excluding diaryl/α,β-unsaturated/α-hetero) is 1. The van der Waals surface area contributed by atoms with E-state index in [9.17, 15) is 19.8 Å². The molecule has 0 saturated heterocycles. The molecule has 116 valence electrons. The van der Waals surface area contributed by atoms with E-state index in [0.29, 0.717) is 12.0 Å². The molecule has 0 fully saturated rings. The minimum absolute atomic E-state index is 0.125. The normalized spacial score (nSPS) is 33.0. The van der Waals surface area contributed by atoms with Gasteiger partial charge in [-0.1, -0.05) is 18.2 Å². The molecule has 2 aliphatic rings. The highest BCUT2D eigenvalue weighted by Crippen LogP contribution is 2.49. The number of aliphatic hydroxyl groups is 1. The SMILES string of the molecule is CC(=O)OC1C=CCC2C(=O)c3c(O)cccc3C(C)(O)C12. The maximum absolute atomic E-state index is 12.7. The summed E-state index contributed by atoms with van der Waals surface area (Å²) in [6.45, 7) is 2.90. The van der Waals surface area contributed by atoms with Crippen molar-refractivity contribution in [3.05, 3.63) is 41.5 Å². The largest absolute Gasteiger partial charge is 0.507 e. The molecule has 4 atom stereocenters. The summed E-state index contributed by atoms with van der Waals surface area (Å²) >= 11 is 0. The van der Waals surface area contributed by atoms with Gasteiger partial charge in [0.15, 0.2) is 5.78 Å². The molecule has 0 aromatic heterocycles. The molecule has 1 aromatic carbocycles. The number of fused-ring (bicyclic) bond motifs is 2. The number of esters is 1. The first-order valence-electron chi connectivity index (χ1n) is 7.27. The van der Waals surface area contributed by atoms with E-state index in [1.165, 1.54) is 13.0 Å². The first-order chi connectivity index (χ1) is 10.3. The molecule has 5 nitrogen and oxygen atoms in total. The lowest BCUT2D eigenvalue weighted by molar-refractivity contribution is -0.155. The fraction of sp³-hybridized carbons (Fsp3) is 0.412. The van der Waals surface area contributed by atoms with Gasteiger partial charge in [-0.25, -0.2) is 0 Å². The van der Waals surface area contributed by atoms with Gasteiger partial charge in [0.05, 0.1) is 11.2 Å². The second-order valence-corrected chi connectivity index (χ2v) is 6.08. The Hall–Kier alpha value is -2.14. The maximum Gasteiger partial charge on any atom is 0.303 e. The van der Waals surface area contributed by atoms with Crippen LogP contribution in [0.2, 0.25) is 0 Å². The zero-order valence-electron chi connectivity index (χ0n) is 12.4. The fourth-order valence-corrected chi connectivity index (χ4v) is 3.73. The van der Waals surface area contributed by atoms with Crippen molar-refractivity contribution in [3.63, 3.8) is 0 Å². The molecule has 2 N–H and O–H groups in total. The zero-order valence-corrected chi connectivity index (χ0v) is 12.4. The van der Waals surface area contributed by atoms with Crippen LogP contribution in [0.5, 0.6) is 5.75 Å². The molecule has 1 aromatic rings. The molecule has 0 aliphatic heterocycles. The van der Waals surface area contributed by atoms with Crippen molar-refractivity contribution in [3.8, 4) is 5.75 Å². The highest BCUT2D eigenvalue weighted by molar-refractivity contribution is 6.03. The van der Waals surface area contributed by atoms with Crippen molar-refractivity contribution in [2.75, 3.05) is 0 Å². The Kier molecular flexibility index (Phi) is 3.33. The Labute approximate surface area is 128 Å². The lowest BCUT2D eigenvalue weighted by Crippen LogP contribution is -2.52. The van der Waals surface area contributed by atoms with Crippen LogP contribution < -0.4 is 0 Å². The molecule has 0 amide bonds. The van der Waals surface area contributed by atoms with E-state index in [-0.39, 0.29) is 17.1 Å². The molecule has 0 bridgehead atoms. The predicted molar refractivity (Wildman–Crippen MR) is 78.3 cm³/mol. The number of benzene rings is 1. The minimum Gasteiger partial charge on any atom is -0.507 e. The van der Waals surface area contributed by atoms with Gasteiger partial charge in [0.2, 0.25) is 0 Å². The number of hydrogen-bond donors (Lipinski definition) is 2. The van der Waals surface area contributed by atoms with Gasteiger partial charge in [0.25, 0.3) is 0 Å². The standard InChI is InChI=1S/C17H18O5/c1-9(18)22-13-8-3-5-10-15(13)17(2,21)11-6-4-7-12(19)14(11)16(10)20/h3-4,6-8,10,13,15,19,21H,5H2,1-2H3. The third-order valence-electron chi connectivity index (χ3n) is 4.63. The number of allylic oxidation sites excluding steroid dienone is 1. The quantitative estimate of drug-likeness (QED) is 0.611. The molecular formula is C17H18O5. The van der Waals surface area contributed by atoms with Crippen LogP contribution in [0.15, 0.2) is 30.4 Å². The third-order valence-corrected chi connectivity index (χ3v) is 4.63. The Morgan fingerprint density at radius 1 is 1.41 bits per heavy atom. The van der Waals surface area contributed by atoms with Crippen LogP contribution >= 0.6 is 0 Å². The van der Waals surface area contributed by atoms with Gasteiger partial charge >= 0.3 is 5.97 Å². The van der Waals surface area contributed by atoms with E-state index in [2.05, 4.69) is 0 Å². The van der Waals surface area contributed by atoms with E-state index in [0.717, 1.165) is 0 Å². The minimum atomic E-state index is -1.38. The lowest BCUT2D eigenvalue weighted by Gasteiger charge is -2.46. The molecule has 0 saturated carbocycles. The third kappa shape index (κ3) is 2.04. The van der Waals surface area contributed by atoms with Gasteiger partial charge in [-0.05, 0) is 31.1 Å². The van der Waals surface area contributed by atoms with Crippen molar-refractivity contribution in [1.29, 1.82) is 0 Å². The molecule has 0 spiro atoms. The van der Waals surface area contributed by atoms with Gasteiger partial charge in [0.1, 0.15) is 11.9 Å². The second-order valence-electron chi connectivity index (χ2n) is 6.08. The van der Waals surface area contributed by atoms with Crippen LogP contribution in [0, 0.1) is 11.8 Å². The molecule has 4 unspecified atom stereocenters. The van der Waals surface area contributed by atoms with E-state index >= 15 is 0 Å². The second kappa shape index (κ2) is 4.95. The van der Waals surface area contributed by atoms with Crippen LogP contribution in [0.25, 0.3) is 0 Å². The Bertz CT molecular complexity index is 674. The molecule has 3 rings (SSSR count). The summed E-state index contributed by atoms with van der Waals surface area (Å²) < 4.78 is 5.29. The van der Waals surface area contributed by atoms with Crippen molar-refractivity contribution in [2.24, 2.45) is 11.8 Å². The van der Waals surface area contributed by atoms with Gasteiger partial charge in [0, 0.05) is 18.8 Å². The van der Waals surface area contributed by atoms with E-state index in [1.807, 2.05) is 0 Å². The van der Waals surface area contributed by atoms with Crippen LogP contribution in [0.4, 0.5) is 0 Å². The Morgan fingerprint density at radius 3 is 2.82 bits per heavy atom. The van der Waals surface area contributed by atoms with Crippen molar-refractivity contribution >= 4 is 11.8 Å². The number of hydrogen-bond acceptors (Lipinski definition) is 5. The van der Waals surface area contributed by atoms with Crippen molar-refractivity contribution < 1.29 is 24.5 Å². The van der Waals surface area contributed by atoms with Crippen LogP contribution in [-0.4, -0.2) is 28.1 Å². The monoisotopic (exact) mass is 302 g/mol. The maximum atomic E-state index is 12.7. The smallest absolute Gasteiger partial charge is 0.303 e. The van der Waals surface area contributed by atoms with Gasteiger partial charge in [-0.15, -0.1) is 0 Å². The molecule has 2 aliphatic carbocycles. The summed E-state index contributed by atoms with van der Waals surface area (Å²) in [5.74, 6) is -1.89. The molecule has 22 heavy (non-hydrogen) atoms.